The first kappa shape index (κ1) is 25.6. The van der Waals surface area contributed by atoms with Crippen molar-refractivity contribution in [2.45, 2.75) is 38.5 Å². The third-order valence-electron chi connectivity index (χ3n) is 7.31. The molecule has 198 valence electrons. The molecule has 1 saturated heterocycles. The number of amides is 1. The number of piperazine rings is 1. The second-order valence-electron chi connectivity index (χ2n) is 9.69. The van der Waals surface area contributed by atoms with Crippen LogP contribution in [0.3, 0.4) is 0 Å². The zero-order valence-corrected chi connectivity index (χ0v) is 21.4. The topological polar surface area (TPSA) is 80.7 Å². The Morgan fingerprint density at radius 1 is 1.05 bits per heavy atom. The van der Waals surface area contributed by atoms with E-state index in [1.807, 2.05) is 42.2 Å². The van der Waals surface area contributed by atoms with Gasteiger partial charge in [-0.15, -0.1) is 0 Å². The summed E-state index contributed by atoms with van der Waals surface area (Å²) in [6, 6.07) is 16.3. The van der Waals surface area contributed by atoms with E-state index in [0.29, 0.717) is 44.0 Å². The molecule has 5 rings (SSSR count). The van der Waals surface area contributed by atoms with Gasteiger partial charge in [0.15, 0.2) is 17.3 Å². The van der Waals surface area contributed by atoms with Gasteiger partial charge in [0.25, 0.3) is 5.91 Å². The number of aliphatic hydroxyl groups is 1. The highest BCUT2D eigenvalue weighted by atomic mass is 16.7. The number of carbonyl (C=O) groups is 1. The summed E-state index contributed by atoms with van der Waals surface area (Å²) < 4.78 is 23.3. The van der Waals surface area contributed by atoms with E-state index in [2.05, 4.69) is 29.2 Å². The van der Waals surface area contributed by atoms with Gasteiger partial charge in [0.1, 0.15) is 0 Å². The van der Waals surface area contributed by atoms with Crippen LogP contribution in [-0.2, 0) is 20.8 Å². The van der Waals surface area contributed by atoms with Crippen LogP contribution in [-0.4, -0.2) is 73.3 Å². The van der Waals surface area contributed by atoms with E-state index in [4.69, 9.17) is 18.9 Å². The summed E-state index contributed by atoms with van der Waals surface area (Å²) in [5.74, 6) is 1.48. The first-order valence-electron chi connectivity index (χ1n) is 13.2. The Morgan fingerprint density at radius 3 is 2.59 bits per heavy atom. The van der Waals surface area contributed by atoms with Crippen molar-refractivity contribution in [3.63, 3.8) is 0 Å². The van der Waals surface area contributed by atoms with Crippen LogP contribution < -0.4 is 9.47 Å². The second-order valence-corrected chi connectivity index (χ2v) is 9.69. The number of fused-ring (bicyclic) bond motifs is 1. The maximum Gasteiger partial charge on any atom is 0.288 e. The molecule has 8 heteroatoms. The molecule has 0 saturated carbocycles. The number of carbonyl (C=O) groups excluding carboxylic acids is 1. The molecular weight excluding hydrogens is 472 g/mol. The summed E-state index contributed by atoms with van der Waals surface area (Å²) in [7, 11) is 0. The Balaban J connectivity index is 1.34. The van der Waals surface area contributed by atoms with E-state index < -0.39 is 6.29 Å². The maximum absolute atomic E-state index is 13.6. The highest BCUT2D eigenvalue weighted by molar-refractivity contribution is 5.92. The van der Waals surface area contributed by atoms with Crippen LogP contribution >= 0.6 is 0 Å². The molecule has 0 radical (unpaired) electrons. The third kappa shape index (κ3) is 5.92. The van der Waals surface area contributed by atoms with E-state index in [1.165, 1.54) is 5.56 Å². The molecule has 3 aliphatic heterocycles. The lowest BCUT2D eigenvalue weighted by atomic mass is 9.80. The van der Waals surface area contributed by atoms with Crippen molar-refractivity contribution >= 4 is 5.91 Å². The second kappa shape index (κ2) is 12.0. The van der Waals surface area contributed by atoms with Gasteiger partial charge in [-0.1, -0.05) is 36.4 Å². The van der Waals surface area contributed by atoms with Gasteiger partial charge in [-0.2, -0.15) is 0 Å². The van der Waals surface area contributed by atoms with E-state index in [9.17, 15) is 9.90 Å². The smallest absolute Gasteiger partial charge is 0.288 e. The maximum atomic E-state index is 13.6. The van der Waals surface area contributed by atoms with Crippen molar-refractivity contribution in [3.05, 3.63) is 71.5 Å². The predicted octanol–water partition coefficient (Wildman–Crippen LogP) is 3.51. The fourth-order valence-corrected chi connectivity index (χ4v) is 5.36. The quantitative estimate of drug-likeness (QED) is 0.555. The Labute approximate surface area is 218 Å². The zero-order valence-electron chi connectivity index (χ0n) is 21.4. The highest BCUT2D eigenvalue weighted by Crippen LogP contribution is 2.43. The SMILES string of the molecule is CCO[C@@H]1OC(C(=O)N2CCN(Cc3ccccc3)CC2)=C[C@H](c2ccc3c(c2)OCO3)[C@@H]1CCCO. The number of nitrogens with zero attached hydrogens (tertiary/aromatic N) is 2. The van der Waals surface area contributed by atoms with Gasteiger partial charge in [-0.05, 0) is 49.1 Å². The third-order valence-corrected chi connectivity index (χ3v) is 7.31. The van der Waals surface area contributed by atoms with Crippen LogP contribution in [0.4, 0.5) is 0 Å². The molecule has 3 atom stereocenters. The molecule has 3 heterocycles. The van der Waals surface area contributed by atoms with E-state index >= 15 is 0 Å². The zero-order chi connectivity index (χ0) is 25.6. The number of hydrogen-bond acceptors (Lipinski definition) is 7. The Hall–Kier alpha value is -3.07. The molecule has 3 aliphatic rings. The molecule has 0 aliphatic carbocycles. The molecule has 0 aromatic heterocycles. The first-order chi connectivity index (χ1) is 18.2. The fraction of sp³-hybridized carbons (Fsp3) is 0.483. The van der Waals surface area contributed by atoms with Crippen LogP contribution in [0.1, 0.15) is 36.8 Å². The average Bonchev–Trinajstić information content (AvgIpc) is 3.41. The van der Waals surface area contributed by atoms with E-state index in [-0.39, 0.29) is 31.1 Å². The number of allylic oxidation sites excluding steroid dienone is 1. The van der Waals surface area contributed by atoms with Gasteiger partial charge in [0, 0.05) is 57.8 Å². The molecule has 1 amide bonds. The summed E-state index contributed by atoms with van der Waals surface area (Å²) in [6.45, 7) is 6.49. The molecule has 1 fully saturated rings. The summed E-state index contributed by atoms with van der Waals surface area (Å²) in [5, 5.41) is 9.52. The lowest BCUT2D eigenvalue weighted by molar-refractivity contribution is -0.171. The molecule has 0 bridgehead atoms. The summed E-state index contributed by atoms with van der Waals surface area (Å²) in [6.07, 6.45) is 2.69. The molecule has 8 nitrogen and oxygen atoms in total. The number of rotatable bonds is 9. The largest absolute Gasteiger partial charge is 0.459 e. The number of aliphatic hydroxyl groups excluding tert-OH is 1. The minimum atomic E-state index is -0.574. The van der Waals surface area contributed by atoms with Crippen LogP contribution in [0, 0.1) is 5.92 Å². The lowest BCUT2D eigenvalue weighted by Crippen LogP contribution is -2.49. The number of benzene rings is 2. The summed E-state index contributed by atoms with van der Waals surface area (Å²) >= 11 is 0. The van der Waals surface area contributed by atoms with Crippen molar-refractivity contribution in [2.75, 3.05) is 46.2 Å². The standard InChI is InChI=1S/C29H36N2O6/c1-2-34-29-23(9-6-16-32)24(22-10-11-25-26(17-22)36-20-35-25)18-27(37-29)28(33)31-14-12-30(13-15-31)19-21-7-4-3-5-8-21/h3-5,7-8,10-11,17-18,23-24,29,32H,2,6,9,12-16,19-20H2,1H3/t23-,24+,29+/m0/s1. The molecule has 37 heavy (non-hydrogen) atoms. The van der Waals surface area contributed by atoms with Gasteiger partial charge in [0.05, 0.1) is 0 Å². The van der Waals surface area contributed by atoms with E-state index in [1.54, 1.807) is 0 Å². The van der Waals surface area contributed by atoms with Gasteiger partial charge >= 0.3 is 0 Å². The minimum absolute atomic E-state index is 0.0493. The van der Waals surface area contributed by atoms with Gasteiger partial charge in [-0.3, -0.25) is 9.69 Å². The predicted molar refractivity (Wildman–Crippen MR) is 138 cm³/mol. The molecule has 0 spiro atoms. The highest BCUT2D eigenvalue weighted by Gasteiger charge is 2.39. The van der Waals surface area contributed by atoms with Gasteiger partial charge in [0.2, 0.25) is 13.1 Å². The van der Waals surface area contributed by atoms with Crippen molar-refractivity contribution in [3.8, 4) is 11.5 Å². The molecule has 2 aromatic carbocycles. The van der Waals surface area contributed by atoms with Gasteiger partial charge in [-0.25, -0.2) is 0 Å². The Morgan fingerprint density at radius 2 is 1.84 bits per heavy atom. The number of ether oxygens (including phenoxy) is 4. The Kier molecular flexibility index (Phi) is 8.28. The minimum Gasteiger partial charge on any atom is -0.459 e. The first-order valence-corrected chi connectivity index (χ1v) is 13.2. The summed E-state index contributed by atoms with van der Waals surface area (Å²) in [4.78, 5) is 17.9. The molecular formula is C29H36N2O6. The fourth-order valence-electron chi connectivity index (χ4n) is 5.36. The molecule has 1 N–H and O–H groups in total. The van der Waals surface area contributed by atoms with Crippen LogP contribution in [0.5, 0.6) is 11.5 Å². The lowest BCUT2D eigenvalue weighted by Gasteiger charge is -2.39. The van der Waals surface area contributed by atoms with Crippen LogP contribution in [0.15, 0.2) is 60.4 Å². The van der Waals surface area contributed by atoms with Crippen molar-refractivity contribution < 1.29 is 28.8 Å². The normalized spacial score (nSPS) is 23.5. The monoisotopic (exact) mass is 508 g/mol. The summed E-state index contributed by atoms with van der Waals surface area (Å²) in [5.41, 5.74) is 2.29. The van der Waals surface area contributed by atoms with Crippen molar-refractivity contribution in [2.24, 2.45) is 5.92 Å². The van der Waals surface area contributed by atoms with Crippen molar-refractivity contribution in [1.29, 1.82) is 0 Å². The van der Waals surface area contributed by atoms with Crippen LogP contribution in [0.2, 0.25) is 0 Å². The number of hydrogen-bond donors (Lipinski definition) is 1. The van der Waals surface area contributed by atoms with Gasteiger partial charge < -0.3 is 29.0 Å². The van der Waals surface area contributed by atoms with E-state index in [0.717, 1.165) is 30.9 Å². The Bertz CT molecular complexity index is 1080. The molecule has 2 aromatic rings. The average molecular weight is 509 g/mol. The van der Waals surface area contributed by atoms with Crippen LogP contribution in [0.25, 0.3) is 0 Å². The molecule has 0 unspecified atom stereocenters. The van der Waals surface area contributed by atoms with Crippen molar-refractivity contribution in [1.82, 2.24) is 9.80 Å².